The zero-order valence-electron chi connectivity index (χ0n) is 12.0. The summed E-state index contributed by atoms with van der Waals surface area (Å²) >= 11 is 0. The molecule has 0 radical (unpaired) electrons. The zero-order valence-corrected chi connectivity index (χ0v) is 12.0. The van der Waals surface area contributed by atoms with Crippen LogP contribution in [0.4, 0.5) is 10.1 Å². The number of fused-ring (bicyclic) bond motifs is 1. The number of hydrogen-bond donors (Lipinski definition) is 2. The lowest BCUT2D eigenvalue weighted by atomic mass is 9.93. The predicted octanol–water partition coefficient (Wildman–Crippen LogP) is 2.93. The van der Waals surface area contributed by atoms with Crippen molar-refractivity contribution >= 4 is 17.4 Å². The van der Waals surface area contributed by atoms with Gasteiger partial charge >= 0.3 is 0 Å². The van der Waals surface area contributed by atoms with Gasteiger partial charge in [0.1, 0.15) is 0 Å². The highest BCUT2D eigenvalue weighted by Crippen LogP contribution is 2.25. The average Bonchev–Trinajstić information content (AvgIpc) is 2.93. The van der Waals surface area contributed by atoms with Crippen molar-refractivity contribution in [2.75, 3.05) is 12.4 Å². The van der Waals surface area contributed by atoms with Gasteiger partial charge in [0.25, 0.3) is 5.91 Å². The second-order valence-electron chi connectivity index (χ2n) is 5.14. The Labute approximate surface area is 126 Å². The van der Waals surface area contributed by atoms with Gasteiger partial charge in [-0.2, -0.15) is 0 Å². The van der Waals surface area contributed by atoms with Crippen LogP contribution in [0.2, 0.25) is 0 Å². The molecular weight excluding hydrogens is 287 g/mol. The van der Waals surface area contributed by atoms with Gasteiger partial charge in [-0.3, -0.25) is 9.59 Å². The van der Waals surface area contributed by atoms with Crippen LogP contribution in [-0.4, -0.2) is 23.8 Å². The number of amides is 1. The molecule has 0 aliphatic heterocycles. The number of anilines is 1. The number of benzene rings is 1. The Kier molecular flexibility index (Phi) is 3.66. The van der Waals surface area contributed by atoms with E-state index in [4.69, 9.17) is 4.74 Å². The molecule has 6 heteroatoms. The highest BCUT2D eigenvalue weighted by molar-refractivity contribution is 6.13. The molecule has 1 heterocycles. The molecule has 2 aromatic rings. The standard InChI is InChI=1S/C16H15FN2O3/c1-22-14-6-5-9(7-11(14)17)19-16(21)10-8-18-12-3-2-4-13(20)15(10)12/h5-8,18H,2-4H2,1H3,(H,19,21). The molecule has 2 N–H and O–H groups in total. The molecule has 1 aromatic heterocycles. The number of ether oxygens (including phenoxy) is 1. The van der Waals surface area contributed by atoms with Crippen LogP contribution in [0, 0.1) is 5.82 Å². The average molecular weight is 302 g/mol. The number of aromatic nitrogens is 1. The van der Waals surface area contributed by atoms with Crippen molar-refractivity contribution in [3.8, 4) is 5.75 Å². The van der Waals surface area contributed by atoms with Crippen molar-refractivity contribution in [3.63, 3.8) is 0 Å². The van der Waals surface area contributed by atoms with Gasteiger partial charge in [0, 0.05) is 30.1 Å². The number of ketones is 1. The van der Waals surface area contributed by atoms with Crippen LogP contribution in [0.5, 0.6) is 5.75 Å². The minimum absolute atomic E-state index is 0.0337. The second-order valence-corrected chi connectivity index (χ2v) is 5.14. The highest BCUT2D eigenvalue weighted by Gasteiger charge is 2.25. The maximum Gasteiger partial charge on any atom is 0.257 e. The van der Waals surface area contributed by atoms with Gasteiger partial charge in [-0.15, -0.1) is 0 Å². The van der Waals surface area contributed by atoms with Crippen LogP contribution >= 0.6 is 0 Å². The quantitative estimate of drug-likeness (QED) is 0.915. The van der Waals surface area contributed by atoms with Crippen molar-refractivity contribution in [1.82, 2.24) is 4.98 Å². The molecule has 0 fully saturated rings. The Balaban J connectivity index is 1.85. The number of nitrogens with one attached hydrogen (secondary N) is 2. The number of H-pyrrole nitrogens is 1. The first-order valence-corrected chi connectivity index (χ1v) is 6.98. The third-order valence-corrected chi connectivity index (χ3v) is 3.73. The molecule has 5 nitrogen and oxygen atoms in total. The molecular formula is C16H15FN2O3. The molecule has 114 valence electrons. The van der Waals surface area contributed by atoms with Crippen LogP contribution in [0.25, 0.3) is 0 Å². The first kappa shape index (κ1) is 14.3. The van der Waals surface area contributed by atoms with Gasteiger partial charge in [0.05, 0.1) is 18.2 Å². The zero-order chi connectivity index (χ0) is 15.7. The summed E-state index contributed by atoms with van der Waals surface area (Å²) in [5.41, 5.74) is 1.86. The molecule has 1 aromatic carbocycles. The van der Waals surface area contributed by atoms with Crippen LogP contribution in [-0.2, 0) is 6.42 Å². The first-order valence-electron chi connectivity index (χ1n) is 6.98. The number of aryl methyl sites for hydroxylation is 1. The van der Waals surface area contributed by atoms with E-state index in [0.717, 1.165) is 18.5 Å². The van der Waals surface area contributed by atoms with E-state index in [-0.39, 0.29) is 11.5 Å². The van der Waals surface area contributed by atoms with Gasteiger partial charge in [0.2, 0.25) is 0 Å². The fourth-order valence-electron chi connectivity index (χ4n) is 2.65. The van der Waals surface area contributed by atoms with Gasteiger partial charge in [0.15, 0.2) is 17.3 Å². The largest absolute Gasteiger partial charge is 0.494 e. The molecule has 3 rings (SSSR count). The van der Waals surface area contributed by atoms with Crippen molar-refractivity contribution < 1.29 is 18.7 Å². The number of methoxy groups -OCH3 is 1. The Morgan fingerprint density at radius 1 is 1.36 bits per heavy atom. The van der Waals surface area contributed by atoms with E-state index >= 15 is 0 Å². The van der Waals surface area contributed by atoms with E-state index in [9.17, 15) is 14.0 Å². The van der Waals surface area contributed by atoms with E-state index in [2.05, 4.69) is 10.3 Å². The van der Waals surface area contributed by atoms with Gasteiger partial charge in [-0.1, -0.05) is 0 Å². The van der Waals surface area contributed by atoms with Crippen LogP contribution in [0.3, 0.4) is 0 Å². The fourth-order valence-corrected chi connectivity index (χ4v) is 2.65. The van der Waals surface area contributed by atoms with Crippen LogP contribution in [0.15, 0.2) is 24.4 Å². The summed E-state index contributed by atoms with van der Waals surface area (Å²) < 4.78 is 18.5. The van der Waals surface area contributed by atoms with E-state index in [1.54, 1.807) is 6.07 Å². The van der Waals surface area contributed by atoms with Crippen molar-refractivity contribution in [1.29, 1.82) is 0 Å². The summed E-state index contributed by atoms with van der Waals surface area (Å²) in [5.74, 6) is -0.925. The lowest BCUT2D eigenvalue weighted by Gasteiger charge is -2.12. The Morgan fingerprint density at radius 3 is 2.91 bits per heavy atom. The molecule has 0 saturated carbocycles. The molecule has 1 aliphatic carbocycles. The molecule has 0 bridgehead atoms. The smallest absolute Gasteiger partial charge is 0.257 e. The van der Waals surface area contributed by atoms with Gasteiger partial charge in [-0.05, 0) is 25.0 Å². The number of rotatable bonds is 3. The van der Waals surface area contributed by atoms with Crippen LogP contribution in [0.1, 0.15) is 39.3 Å². The number of halogens is 1. The maximum absolute atomic E-state index is 13.6. The predicted molar refractivity (Wildman–Crippen MR) is 79.0 cm³/mol. The molecule has 1 amide bonds. The summed E-state index contributed by atoms with van der Waals surface area (Å²) in [5, 5.41) is 2.60. The van der Waals surface area contributed by atoms with Crippen molar-refractivity contribution in [2.45, 2.75) is 19.3 Å². The first-order chi connectivity index (χ1) is 10.6. The SMILES string of the molecule is COc1ccc(NC(=O)c2c[nH]c3c2C(=O)CCC3)cc1F. The third kappa shape index (κ3) is 2.47. The Morgan fingerprint density at radius 2 is 2.18 bits per heavy atom. The fraction of sp³-hybridized carbons (Fsp3) is 0.250. The maximum atomic E-state index is 13.6. The summed E-state index contributed by atoms with van der Waals surface area (Å²) in [7, 11) is 1.37. The van der Waals surface area contributed by atoms with E-state index in [0.29, 0.717) is 23.2 Å². The summed E-state index contributed by atoms with van der Waals surface area (Å²) in [6, 6.07) is 4.15. The summed E-state index contributed by atoms with van der Waals surface area (Å²) in [6.45, 7) is 0. The Hall–Kier alpha value is -2.63. The minimum Gasteiger partial charge on any atom is -0.494 e. The summed E-state index contributed by atoms with van der Waals surface area (Å²) in [4.78, 5) is 27.3. The number of carbonyl (C=O) groups excluding carboxylic acids is 2. The minimum atomic E-state index is -0.563. The molecule has 0 spiro atoms. The molecule has 0 saturated heterocycles. The summed E-state index contributed by atoms with van der Waals surface area (Å²) in [6.07, 6.45) is 3.52. The molecule has 0 unspecified atom stereocenters. The van der Waals surface area contributed by atoms with Crippen molar-refractivity contribution in [3.05, 3.63) is 47.0 Å². The number of Topliss-reactive ketones (excluding diaryl/α,β-unsaturated/α-hetero) is 1. The molecule has 22 heavy (non-hydrogen) atoms. The number of aromatic amines is 1. The Bertz CT molecular complexity index is 752. The molecule has 0 atom stereocenters. The lowest BCUT2D eigenvalue weighted by Crippen LogP contribution is -2.18. The van der Waals surface area contributed by atoms with Gasteiger partial charge in [-0.25, -0.2) is 4.39 Å². The molecule has 1 aliphatic rings. The van der Waals surface area contributed by atoms with E-state index in [1.807, 2.05) is 0 Å². The third-order valence-electron chi connectivity index (χ3n) is 3.73. The normalized spacial score (nSPS) is 13.6. The highest BCUT2D eigenvalue weighted by atomic mass is 19.1. The van der Waals surface area contributed by atoms with E-state index < -0.39 is 11.7 Å². The van der Waals surface area contributed by atoms with Crippen molar-refractivity contribution in [2.24, 2.45) is 0 Å². The number of carbonyl (C=O) groups is 2. The number of hydrogen-bond acceptors (Lipinski definition) is 3. The lowest BCUT2D eigenvalue weighted by molar-refractivity contribution is 0.0956. The monoisotopic (exact) mass is 302 g/mol. The topological polar surface area (TPSA) is 71.2 Å². The second kappa shape index (κ2) is 5.63. The van der Waals surface area contributed by atoms with Crippen LogP contribution < -0.4 is 10.1 Å². The van der Waals surface area contributed by atoms with E-state index in [1.165, 1.54) is 25.4 Å². The van der Waals surface area contributed by atoms with Gasteiger partial charge < -0.3 is 15.0 Å².